The molecule has 0 saturated heterocycles. The number of halogens is 4. The zero-order valence-electron chi connectivity index (χ0n) is 10.1. The van der Waals surface area contributed by atoms with Crippen molar-refractivity contribution in [2.24, 2.45) is 0 Å². The van der Waals surface area contributed by atoms with Crippen LogP contribution in [0.4, 0.5) is 25.1 Å². The van der Waals surface area contributed by atoms with Crippen molar-refractivity contribution in [2.75, 3.05) is 36.5 Å². The maximum absolute atomic E-state index is 12.4. The van der Waals surface area contributed by atoms with Gasteiger partial charge in [-0.3, -0.25) is 0 Å². The van der Waals surface area contributed by atoms with Gasteiger partial charge in [0.2, 0.25) is 17.2 Å². The molecule has 1 rings (SSSR count). The van der Waals surface area contributed by atoms with Gasteiger partial charge in [-0.15, -0.1) is 0 Å². The second kappa shape index (κ2) is 6.71. The molecule has 6 nitrogen and oxygen atoms in total. The highest BCUT2D eigenvalue weighted by atomic mass is 35.5. The second-order valence-electron chi connectivity index (χ2n) is 3.52. The average Bonchev–Trinajstić information content (AvgIpc) is 2.26. The van der Waals surface area contributed by atoms with Gasteiger partial charge in [-0.2, -0.15) is 28.1 Å². The van der Waals surface area contributed by atoms with Crippen molar-refractivity contribution in [3.05, 3.63) is 5.28 Å². The molecule has 0 amide bonds. The third-order valence-electron chi connectivity index (χ3n) is 1.95. The quantitative estimate of drug-likeness (QED) is 0.825. The predicted octanol–water partition coefficient (Wildman–Crippen LogP) is 1.32. The molecule has 0 atom stereocenters. The lowest BCUT2D eigenvalue weighted by Gasteiger charge is -2.23. The van der Waals surface area contributed by atoms with Crippen molar-refractivity contribution in [2.45, 2.75) is 13.1 Å². The fraction of sp³-hybridized carbons (Fsp3) is 0.667. The lowest BCUT2D eigenvalue weighted by Crippen LogP contribution is -2.37. The van der Waals surface area contributed by atoms with E-state index in [0.29, 0.717) is 6.54 Å². The summed E-state index contributed by atoms with van der Waals surface area (Å²) in [4.78, 5) is 12.0. The van der Waals surface area contributed by atoms with Gasteiger partial charge in [-0.25, -0.2) is 0 Å². The number of aromatic nitrogens is 3. The summed E-state index contributed by atoms with van der Waals surface area (Å²) >= 11 is 5.63. The number of alkyl halides is 3. The molecular weight excluding hydrogens is 287 g/mol. The smallest absolute Gasteiger partial charge is 0.395 e. The molecule has 0 aliphatic heterocycles. The second-order valence-corrected chi connectivity index (χ2v) is 3.86. The van der Waals surface area contributed by atoms with Crippen LogP contribution in [0, 0.1) is 0 Å². The fourth-order valence-corrected chi connectivity index (χ4v) is 1.46. The van der Waals surface area contributed by atoms with Crippen molar-refractivity contribution >= 4 is 23.5 Å². The van der Waals surface area contributed by atoms with Gasteiger partial charge in [-0.05, 0) is 18.5 Å². The van der Waals surface area contributed by atoms with E-state index in [2.05, 4.69) is 20.3 Å². The van der Waals surface area contributed by atoms with E-state index in [1.165, 1.54) is 0 Å². The van der Waals surface area contributed by atoms with Crippen molar-refractivity contribution in [1.29, 1.82) is 0 Å². The molecule has 0 saturated carbocycles. The number of anilines is 2. The Balaban J connectivity index is 3.00. The number of aliphatic hydroxyl groups is 1. The molecule has 0 fully saturated rings. The number of nitrogens with zero attached hydrogens (tertiary/aromatic N) is 4. The number of rotatable bonds is 6. The van der Waals surface area contributed by atoms with Crippen LogP contribution < -0.4 is 10.2 Å². The van der Waals surface area contributed by atoms with Crippen LogP contribution in [0.1, 0.15) is 6.92 Å². The maximum atomic E-state index is 12.4. The van der Waals surface area contributed by atoms with E-state index < -0.39 is 19.3 Å². The van der Waals surface area contributed by atoms with Gasteiger partial charge in [0.25, 0.3) is 0 Å². The molecule has 1 heterocycles. The Morgan fingerprint density at radius 1 is 1.32 bits per heavy atom. The largest absolute Gasteiger partial charge is 0.406 e. The van der Waals surface area contributed by atoms with E-state index in [9.17, 15) is 13.2 Å². The van der Waals surface area contributed by atoms with E-state index in [-0.39, 0.29) is 23.7 Å². The molecule has 0 aliphatic rings. The Kier molecular flexibility index (Phi) is 5.55. The lowest BCUT2D eigenvalue weighted by atomic mass is 10.5. The first kappa shape index (κ1) is 15.7. The Morgan fingerprint density at radius 2 is 2.00 bits per heavy atom. The van der Waals surface area contributed by atoms with Crippen molar-refractivity contribution < 1.29 is 18.3 Å². The van der Waals surface area contributed by atoms with Gasteiger partial charge in [-0.1, -0.05) is 0 Å². The van der Waals surface area contributed by atoms with Crippen LogP contribution in [0.5, 0.6) is 0 Å². The minimum atomic E-state index is -4.44. The topological polar surface area (TPSA) is 74.2 Å². The minimum Gasteiger partial charge on any atom is -0.395 e. The van der Waals surface area contributed by atoms with Crippen molar-refractivity contribution in [3.63, 3.8) is 0 Å². The van der Waals surface area contributed by atoms with E-state index in [0.717, 1.165) is 4.90 Å². The van der Waals surface area contributed by atoms with Gasteiger partial charge in [0.1, 0.15) is 6.54 Å². The lowest BCUT2D eigenvalue weighted by molar-refractivity contribution is -0.120. The van der Waals surface area contributed by atoms with Crippen LogP contribution in [0.2, 0.25) is 5.28 Å². The van der Waals surface area contributed by atoms with Crippen LogP contribution in [-0.2, 0) is 0 Å². The number of hydrogen-bond donors (Lipinski definition) is 2. The van der Waals surface area contributed by atoms with E-state index in [1.807, 2.05) is 0 Å². The molecule has 108 valence electrons. The third kappa shape index (κ3) is 5.43. The average molecular weight is 300 g/mol. The standard InChI is InChI=1S/C9H13ClF3N5O/c1-2-14-7-15-6(10)16-8(17-7)18(3-4-19)5-9(11,12)13/h19H,2-5H2,1H3,(H,14,15,16,17). The molecule has 0 spiro atoms. The van der Waals surface area contributed by atoms with Crippen LogP contribution in [0.15, 0.2) is 0 Å². The molecule has 10 heteroatoms. The highest BCUT2D eigenvalue weighted by Gasteiger charge is 2.32. The van der Waals surface area contributed by atoms with Gasteiger partial charge in [0.15, 0.2) is 0 Å². The normalized spacial score (nSPS) is 11.5. The first-order chi connectivity index (χ1) is 8.85. The summed E-state index contributed by atoms with van der Waals surface area (Å²) < 4.78 is 37.3. The van der Waals surface area contributed by atoms with Crippen LogP contribution in [-0.4, -0.2) is 52.5 Å². The zero-order chi connectivity index (χ0) is 14.5. The number of nitrogens with one attached hydrogen (secondary N) is 1. The fourth-order valence-electron chi connectivity index (χ4n) is 1.31. The van der Waals surface area contributed by atoms with Crippen molar-refractivity contribution in [3.8, 4) is 0 Å². The maximum Gasteiger partial charge on any atom is 0.406 e. The first-order valence-corrected chi connectivity index (χ1v) is 5.81. The molecule has 0 radical (unpaired) electrons. The third-order valence-corrected chi connectivity index (χ3v) is 2.12. The summed E-state index contributed by atoms with van der Waals surface area (Å²) in [5.74, 6) is -0.148. The van der Waals surface area contributed by atoms with Gasteiger partial charge in [0.05, 0.1) is 6.61 Å². The molecule has 1 aromatic rings. The highest BCUT2D eigenvalue weighted by molar-refractivity contribution is 6.28. The summed E-state index contributed by atoms with van der Waals surface area (Å²) in [5.41, 5.74) is 0. The predicted molar refractivity (Wildman–Crippen MR) is 64.4 cm³/mol. The number of hydrogen-bond acceptors (Lipinski definition) is 6. The highest BCUT2D eigenvalue weighted by Crippen LogP contribution is 2.20. The molecule has 0 aliphatic carbocycles. The van der Waals surface area contributed by atoms with E-state index >= 15 is 0 Å². The summed E-state index contributed by atoms with van der Waals surface area (Å²) in [6, 6.07) is 0. The molecular formula is C9H13ClF3N5O. The van der Waals surface area contributed by atoms with Gasteiger partial charge >= 0.3 is 6.18 Å². The summed E-state index contributed by atoms with van der Waals surface area (Å²) in [6.45, 7) is 0.262. The summed E-state index contributed by atoms with van der Waals surface area (Å²) in [5, 5.41) is 11.3. The van der Waals surface area contributed by atoms with E-state index in [4.69, 9.17) is 16.7 Å². The molecule has 0 unspecified atom stereocenters. The molecule has 1 aromatic heterocycles. The Labute approximate surface area is 112 Å². The summed E-state index contributed by atoms with van der Waals surface area (Å²) in [7, 11) is 0. The monoisotopic (exact) mass is 299 g/mol. The van der Waals surface area contributed by atoms with Crippen LogP contribution >= 0.6 is 11.6 Å². The number of aliphatic hydroxyl groups excluding tert-OH is 1. The molecule has 0 aromatic carbocycles. The van der Waals surface area contributed by atoms with Gasteiger partial charge < -0.3 is 15.3 Å². The van der Waals surface area contributed by atoms with Crippen molar-refractivity contribution in [1.82, 2.24) is 15.0 Å². The molecule has 0 bridgehead atoms. The Morgan fingerprint density at radius 3 is 2.53 bits per heavy atom. The Hall–Kier alpha value is -1.35. The Bertz CT molecular complexity index is 417. The molecule has 19 heavy (non-hydrogen) atoms. The summed E-state index contributed by atoms with van der Waals surface area (Å²) in [6.07, 6.45) is -4.44. The minimum absolute atomic E-state index is 0.0858. The SMILES string of the molecule is CCNc1nc(Cl)nc(N(CCO)CC(F)(F)F)n1. The van der Waals surface area contributed by atoms with Gasteiger partial charge in [0, 0.05) is 13.1 Å². The van der Waals surface area contributed by atoms with Crippen LogP contribution in [0.3, 0.4) is 0 Å². The molecule has 2 N–H and O–H groups in total. The van der Waals surface area contributed by atoms with Crippen LogP contribution in [0.25, 0.3) is 0 Å². The zero-order valence-corrected chi connectivity index (χ0v) is 10.8. The first-order valence-electron chi connectivity index (χ1n) is 5.43. The van der Waals surface area contributed by atoms with E-state index in [1.54, 1.807) is 6.92 Å².